The van der Waals surface area contributed by atoms with E-state index in [1.54, 1.807) is 0 Å². The number of hydrogen-bond acceptors (Lipinski definition) is 4. The molecule has 17 heavy (non-hydrogen) atoms. The number of aromatic nitrogens is 2. The van der Waals surface area contributed by atoms with Crippen LogP contribution in [0.4, 0.5) is 4.39 Å². The molecule has 1 aromatic carbocycles. The highest BCUT2D eigenvalue weighted by atomic mass is 19.1. The van der Waals surface area contributed by atoms with Crippen molar-refractivity contribution in [2.45, 2.75) is 6.29 Å². The SMILES string of the molecule is [O-][n+]1c(C(O)O)ccnc1-c1ccc(F)cc1. The molecule has 0 unspecified atom stereocenters. The number of halogens is 1. The van der Waals surface area contributed by atoms with Crippen LogP contribution < -0.4 is 4.73 Å². The van der Waals surface area contributed by atoms with E-state index in [1.807, 2.05) is 0 Å². The van der Waals surface area contributed by atoms with E-state index in [0.29, 0.717) is 10.3 Å². The van der Waals surface area contributed by atoms with Gasteiger partial charge in [0.2, 0.25) is 6.29 Å². The third-order valence-electron chi connectivity index (χ3n) is 2.24. The normalized spacial score (nSPS) is 10.8. The topological polar surface area (TPSA) is 80.3 Å². The molecular weight excluding hydrogens is 227 g/mol. The highest BCUT2D eigenvalue weighted by Crippen LogP contribution is 2.15. The molecule has 88 valence electrons. The number of nitrogens with zero attached hydrogens (tertiary/aromatic N) is 2. The Morgan fingerprint density at radius 2 is 1.82 bits per heavy atom. The van der Waals surface area contributed by atoms with Crippen LogP contribution in [0, 0.1) is 11.0 Å². The summed E-state index contributed by atoms with van der Waals surface area (Å²) in [5, 5.41) is 29.7. The summed E-state index contributed by atoms with van der Waals surface area (Å²) < 4.78 is 13.0. The van der Waals surface area contributed by atoms with Crippen LogP contribution in [0.25, 0.3) is 11.4 Å². The van der Waals surface area contributed by atoms with Gasteiger partial charge in [0.05, 0.1) is 5.56 Å². The van der Waals surface area contributed by atoms with Crippen LogP contribution in [0.1, 0.15) is 12.0 Å². The minimum absolute atomic E-state index is 0.0180. The van der Waals surface area contributed by atoms with Crippen LogP contribution >= 0.6 is 0 Å². The zero-order chi connectivity index (χ0) is 12.4. The predicted molar refractivity (Wildman–Crippen MR) is 55.8 cm³/mol. The second-order valence-corrected chi connectivity index (χ2v) is 3.37. The molecule has 0 radical (unpaired) electrons. The molecule has 1 heterocycles. The number of aliphatic hydroxyl groups is 2. The summed E-state index contributed by atoms with van der Waals surface area (Å²) in [6.45, 7) is 0. The summed E-state index contributed by atoms with van der Waals surface area (Å²) in [5.74, 6) is -0.444. The van der Waals surface area contributed by atoms with Gasteiger partial charge in [0.15, 0.2) is 5.69 Å². The Kier molecular flexibility index (Phi) is 2.99. The first-order chi connectivity index (χ1) is 8.09. The van der Waals surface area contributed by atoms with Crippen molar-refractivity contribution in [1.82, 2.24) is 4.98 Å². The van der Waals surface area contributed by atoms with Crippen molar-refractivity contribution in [2.24, 2.45) is 0 Å². The number of hydrogen-bond donors (Lipinski definition) is 2. The van der Waals surface area contributed by atoms with Crippen LogP contribution in [-0.4, -0.2) is 15.2 Å². The molecule has 0 amide bonds. The van der Waals surface area contributed by atoms with Gasteiger partial charge in [0.25, 0.3) is 0 Å². The quantitative estimate of drug-likeness (QED) is 0.452. The molecule has 0 fully saturated rings. The van der Waals surface area contributed by atoms with Crippen LogP contribution in [0.15, 0.2) is 36.5 Å². The standard InChI is InChI=1S/C11H9FN2O3/c12-8-3-1-7(2-4-8)10-13-6-5-9(11(15)16)14(10)17/h1-6,11,15-16H. The summed E-state index contributed by atoms with van der Waals surface area (Å²) in [7, 11) is 0. The highest BCUT2D eigenvalue weighted by molar-refractivity contribution is 5.51. The zero-order valence-corrected chi connectivity index (χ0v) is 8.62. The molecule has 0 saturated heterocycles. The van der Waals surface area contributed by atoms with E-state index in [1.165, 1.54) is 36.5 Å². The zero-order valence-electron chi connectivity index (χ0n) is 8.62. The van der Waals surface area contributed by atoms with Crippen LogP contribution in [0.2, 0.25) is 0 Å². The number of aliphatic hydroxyl groups excluding tert-OH is 1. The Morgan fingerprint density at radius 1 is 1.18 bits per heavy atom. The lowest BCUT2D eigenvalue weighted by Crippen LogP contribution is -2.37. The lowest BCUT2D eigenvalue weighted by atomic mass is 10.2. The third-order valence-corrected chi connectivity index (χ3v) is 2.24. The Morgan fingerprint density at radius 3 is 2.41 bits per heavy atom. The van der Waals surface area contributed by atoms with Gasteiger partial charge in [-0.2, -0.15) is 0 Å². The first-order valence-corrected chi connectivity index (χ1v) is 4.80. The Hall–Kier alpha value is -2.05. The fraction of sp³-hybridized carbons (Fsp3) is 0.0909. The Balaban J connectivity index is 2.52. The number of rotatable bonds is 2. The van der Waals surface area contributed by atoms with Crippen LogP contribution in [0.3, 0.4) is 0 Å². The second kappa shape index (κ2) is 4.44. The van der Waals surface area contributed by atoms with Crippen molar-refractivity contribution in [3.63, 3.8) is 0 Å². The summed E-state index contributed by atoms with van der Waals surface area (Å²) in [4.78, 5) is 3.83. The maximum absolute atomic E-state index is 12.7. The molecule has 2 N–H and O–H groups in total. The molecule has 6 heteroatoms. The summed E-state index contributed by atoms with van der Waals surface area (Å²) in [5.41, 5.74) is 0.156. The summed E-state index contributed by atoms with van der Waals surface area (Å²) in [6, 6.07) is 6.36. The van der Waals surface area contributed by atoms with Gasteiger partial charge >= 0.3 is 5.82 Å². The highest BCUT2D eigenvalue weighted by Gasteiger charge is 2.17. The smallest absolute Gasteiger partial charge is 0.333 e. The van der Waals surface area contributed by atoms with E-state index >= 15 is 0 Å². The molecule has 2 rings (SSSR count). The lowest BCUT2D eigenvalue weighted by molar-refractivity contribution is -0.614. The van der Waals surface area contributed by atoms with E-state index < -0.39 is 12.1 Å². The van der Waals surface area contributed by atoms with Crippen molar-refractivity contribution in [3.8, 4) is 11.4 Å². The molecule has 0 aliphatic heterocycles. The maximum atomic E-state index is 12.7. The van der Waals surface area contributed by atoms with Crippen LogP contribution in [-0.2, 0) is 0 Å². The molecule has 0 aliphatic carbocycles. The molecule has 0 atom stereocenters. The molecule has 5 nitrogen and oxygen atoms in total. The van der Waals surface area contributed by atoms with E-state index in [4.69, 9.17) is 10.2 Å². The fourth-order valence-corrected chi connectivity index (χ4v) is 1.41. The molecule has 1 aromatic heterocycles. The van der Waals surface area contributed by atoms with Crippen LogP contribution in [0.5, 0.6) is 0 Å². The van der Waals surface area contributed by atoms with Crippen molar-refractivity contribution in [2.75, 3.05) is 0 Å². The first-order valence-electron chi connectivity index (χ1n) is 4.80. The lowest BCUT2D eigenvalue weighted by Gasteiger charge is -2.12. The van der Waals surface area contributed by atoms with Gasteiger partial charge in [-0.15, -0.1) is 0 Å². The molecule has 0 spiro atoms. The second-order valence-electron chi connectivity index (χ2n) is 3.37. The first kappa shape index (κ1) is 11.4. The Labute approximate surface area is 96.0 Å². The molecule has 0 bridgehead atoms. The third kappa shape index (κ3) is 2.22. The Bertz CT molecular complexity index is 529. The monoisotopic (exact) mass is 236 g/mol. The summed E-state index contributed by atoms with van der Waals surface area (Å²) >= 11 is 0. The average Bonchev–Trinajstić information content (AvgIpc) is 2.30. The van der Waals surface area contributed by atoms with Crippen molar-refractivity contribution in [1.29, 1.82) is 0 Å². The van der Waals surface area contributed by atoms with Gasteiger partial charge in [-0.3, -0.25) is 0 Å². The fourth-order valence-electron chi connectivity index (χ4n) is 1.41. The largest absolute Gasteiger partial charge is 0.710 e. The van der Waals surface area contributed by atoms with E-state index in [-0.39, 0.29) is 11.5 Å². The number of benzene rings is 1. The van der Waals surface area contributed by atoms with Crippen molar-refractivity contribution in [3.05, 3.63) is 53.2 Å². The van der Waals surface area contributed by atoms with E-state index in [2.05, 4.69) is 4.98 Å². The minimum Gasteiger partial charge on any atom is -0.710 e. The van der Waals surface area contributed by atoms with Gasteiger partial charge in [0, 0.05) is 6.07 Å². The van der Waals surface area contributed by atoms with Gasteiger partial charge in [-0.25, -0.2) is 9.12 Å². The molecule has 0 saturated carbocycles. The van der Waals surface area contributed by atoms with Gasteiger partial charge in [0.1, 0.15) is 12.0 Å². The maximum Gasteiger partial charge on any atom is 0.333 e. The predicted octanol–water partition coefficient (Wildman–Crippen LogP) is 0.504. The molecular formula is C11H9FN2O3. The van der Waals surface area contributed by atoms with Gasteiger partial charge in [-0.1, -0.05) is 0 Å². The van der Waals surface area contributed by atoms with Gasteiger partial charge in [-0.05, 0) is 29.2 Å². The van der Waals surface area contributed by atoms with Crippen molar-refractivity contribution < 1.29 is 19.3 Å². The summed E-state index contributed by atoms with van der Waals surface area (Å²) in [6.07, 6.45) is -0.600. The van der Waals surface area contributed by atoms with Crippen molar-refractivity contribution >= 4 is 0 Å². The average molecular weight is 236 g/mol. The van der Waals surface area contributed by atoms with E-state index in [0.717, 1.165) is 0 Å². The molecule has 2 aromatic rings. The van der Waals surface area contributed by atoms with Gasteiger partial charge < -0.3 is 15.4 Å². The molecule has 0 aliphatic rings. The minimum atomic E-state index is -1.88. The van der Waals surface area contributed by atoms with E-state index in [9.17, 15) is 9.60 Å².